The third-order valence-corrected chi connectivity index (χ3v) is 5.11. The van der Waals surface area contributed by atoms with Crippen molar-refractivity contribution in [1.82, 2.24) is 5.32 Å². The molecule has 0 atom stereocenters. The zero-order valence-corrected chi connectivity index (χ0v) is 18.3. The predicted molar refractivity (Wildman–Crippen MR) is 120 cm³/mol. The lowest BCUT2D eigenvalue weighted by Crippen LogP contribution is -2.27. The van der Waals surface area contributed by atoms with Gasteiger partial charge in [0, 0.05) is 5.02 Å². The van der Waals surface area contributed by atoms with E-state index in [0.717, 1.165) is 4.47 Å². The van der Waals surface area contributed by atoms with Gasteiger partial charge in [0.2, 0.25) is 0 Å². The van der Waals surface area contributed by atoms with Crippen molar-refractivity contribution in [3.05, 3.63) is 98.1 Å². The van der Waals surface area contributed by atoms with Gasteiger partial charge in [0.1, 0.15) is 17.2 Å². The normalized spacial score (nSPS) is 11.1. The van der Waals surface area contributed by atoms with Gasteiger partial charge in [-0.25, -0.2) is 4.79 Å². The molecule has 0 aliphatic heterocycles. The summed E-state index contributed by atoms with van der Waals surface area (Å²) in [6.07, 6.45) is 1.34. The topological polar surface area (TPSA) is 75.6 Å². The van der Waals surface area contributed by atoms with Crippen molar-refractivity contribution >= 4 is 57.1 Å². The van der Waals surface area contributed by atoms with Gasteiger partial charge in [0.15, 0.2) is 0 Å². The second kappa shape index (κ2) is 9.80. The summed E-state index contributed by atoms with van der Waals surface area (Å²) in [6.45, 7) is 0. The van der Waals surface area contributed by atoms with Gasteiger partial charge in [0.05, 0.1) is 15.1 Å². The van der Waals surface area contributed by atoms with Crippen molar-refractivity contribution in [3.8, 4) is 11.5 Å². The maximum Gasteiger partial charge on any atom is 0.352 e. The lowest BCUT2D eigenvalue weighted by Gasteiger charge is -2.09. The fourth-order valence-corrected chi connectivity index (χ4v) is 3.33. The maximum absolute atomic E-state index is 12.4. The Balaban J connectivity index is 1.77. The molecule has 0 fully saturated rings. The van der Waals surface area contributed by atoms with E-state index in [9.17, 15) is 14.7 Å². The second-order valence-electron chi connectivity index (χ2n) is 6.04. The summed E-state index contributed by atoms with van der Waals surface area (Å²) in [5.41, 5.74) is 0.380. The van der Waals surface area contributed by atoms with Crippen LogP contribution in [0.5, 0.6) is 11.5 Å². The number of halogens is 3. The minimum atomic E-state index is -1.29. The number of para-hydroxylation sites is 1. The molecule has 0 aromatic heterocycles. The largest absolute Gasteiger partial charge is 0.477 e. The van der Waals surface area contributed by atoms with Crippen LogP contribution in [0.25, 0.3) is 6.08 Å². The van der Waals surface area contributed by atoms with Gasteiger partial charge in [0.25, 0.3) is 5.91 Å². The molecule has 0 bridgehead atoms. The first kappa shape index (κ1) is 21.9. The molecule has 0 saturated carbocycles. The molecule has 0 heterocycles. The van der Waals surface area contributed by atoms with E-state index in [-0.39, 0.29) is 16.3 Å². The number of rotatable bonds is 6. The number of hydrogen-bond donors (Lipinski definition) is 2. The third kappa shape index (κ3) is 5.63. The van der Waals surface area contributed by atoms with Crippen LogP contribution in [0.2, 0.25) is 10.0 Å². The number of carboxylic acids is 1. The molecule has 0 aliphatic carbocycles. The fourth-order valence-electron chi connectivity index (χ4n) is 2.47. The van der Waals surface area contributed by atoms with Gasteiger partial charge in [-0.05, 0) is 70.0 Å². The van der Waals surface area contributed by atoms with Gasteiger partial charge in [-0.3, -0.25) is 4.79 Å². The Morgan fingerprint density at radius 1 is 1.00 bits per heavy atom. The average molecular weight is 507 g/mol. The number of nitrogens with one attached hydrogen (secondary N) is 1. The molecule has 0 spiro atoms. The van der Waals surface area contributed by atoms with Crippen LogP contribution in [0.3, 0.4) is 0 Å². The summed E-state index contributed by atoms with van der Waals surface area (Å²) in [6, 6.07) is 18.5. The van der Waals surface area contributed by atoms with E-state index in [1.54, 1.807) is 24.3 Å². The van der Waals surface area contributed by atoms with E-state index >= 15 is 0 Å². The van der Waals surface area contributed by atoms with E-state index in [1.165, 1.54) is 24.3 Å². The molecule has 0 radical (unpaired) electrons. The van der Waals surface area contributed by atoms with Gasteiger partial charge < -0.3 is 15.2 Å². The van der Waals surface area contributed by atoms with Gasteiger partial charge >= 0.3 is 5.97 Å². The molecule has 0 saturated heterocycles. The highest BCUT2D eigenvalue weighted by Gasteiger charge is 2.16. The van der Waals surface area contributed by atoms with Crippen molar-refractivity contribution < 1.29 is 19.4 Å². The van der Waals surface area contributed by atoms with Crippen LogP contribution in [0, 0.1) is 0 Å². The van der Waals surface area contributed by atoms with Crippen LogP contribution in [0.15, 0.2) is 76.9 Å². The van der Waals surface area contributed by atoms with Crippen molar-refractivity contribution in [2.45, 2.75) is 0 Å². The standard InChI is InChI=1S/C22H14BrCl2NO4/c23-17-3-1-2-4-20(17)30-15-8-5-13(6-9-15)11-19(22(28)29)26-21(27)16-10-7-14(24)12-18(16)25/h1-12H,(H,26,27)(H,28,29)/b19-11+. The second-order valence-corrected chi connectivity index (χ2v) is 7.74. The summed E-state index contributed by atoms with van der Waals surface area (Å²) in [7, 11) is 0. The molecule has 3 rings (SSSR count). The van der Waals surface area contributed by atoms with E-state index in [0.29, 0.717) is 22.1 Å². The summed E-state index contributed by atoms with van der Waals surface area (Å²) in [5, 5.41) is 12.3. The Morgan fingerprint density at radius 2 is 1.70 bits per heavy atom. The zero-order chi connectivity index (χ0) is 21.7. The van der Waals surface area contributed by atoms with Crippen LogP contribution in [0.4, 0.5) is 0 Å². The number of carbonyl (C=O) groups is 2. The molecule has 0 aliphatic rings. The molecule has 0 unspecified atom stereocenters. The van der Waals surface area contributed by atoms with Crippen LogP contribution in [-0.2, 0) is 4.79 Å². The first-order chi connectivity index (χ1) is 14.3. The maximum atomic E-state index is 12.4. The average Bonchev–Trinajstić information content (AvgIpc) is 2.70. The summed E-state index contributed by atoms with van der Waals surface area (Å²) >= 11 is 15.2. The number of amides is 1. The first-order valence-electron chi connectivity index (χ1n) is 8.57. The molecule has 8 heteroatoms. The number of ether oxygens (including phenoxy) is 1. The lowest BCUT2D eigenvalue weighted by molar-refractivity contribution is -0.132. The van der Waals surface area contributed by atoms with E-state index in [4.69, 9.17) is 27.9 Å². The SMILES string of the molecule is O=C(O)/C(=C\c1ccc(Oc2ccccc2Br)cc1)NC(=O)c1ccc(Cl)cc1Cl. The number of aliphatic carboxylic acids is 1. The van der Waals surface area contributed by atoms with Crippen LogP contribution in [-0.4, -0.2) is 17.0 Å². The van der Waals surface area contributed by atoms with Crippen LogP contribution >= 0.6 is 39.1 Å². The summed E-state index contributed by atoms with van der Waals surface area (Å²) in [4.78, 5) is 24.0. The monoisotopic (exact) mass is 505 g/mol. The smallest absolute Gasteiger partial charge is 0.352 e. The minimum absolute atomic E-state index is 0.116. The summed E-state index contributed by atoms with van der Waals surface area (Å²) < 4.78 is 6.59. The molecule has 2 N–H and O–H groups in total. The quantitative estimate of drug-likeness (QED) is 0.379. The number of benzene rings is 3. The van der Waals surface area contributed by atoms with Gasteiger partial charge in [-0.15, -0.1) is 0 Å². The van der Waals surface area contributed by atoms with E-state index in [2.05, 4.69) is 21.2 Å². The minimum Gasteiger partial charge on any atom is -0.477 e. The van der Waals surface area contributed by atoms with E-state index < -0.39 is 11.9 Å². The van der Waals surface area contributed by atoms with Gasteiger partial charge in [-0.2, -0.15) is 0 Å². The Kier molecular flexibility index (Phi) is 7.15. The Hall–Kier alpha value is -2.80. The Morgan fingerprint density at radius 3 is 2.33 bits per heavy atom. The molecule has 1 amide bonds. The molecule has 152 valence electrons. The molecule has 3 aromatic rings. The van der Waals surface area contributed by atoms with Crippen molar-refractivity contribution in [2.24, 2.45) is 0 Å². The fraction of sp³-hybridized carbons (Fsp3) is 0. The Labute approximate surface area is 191 Å². The molecule has 30 heavy (non-hydrogen) atoms. The van der Waals surface area contributed by atoms with E-state index in [1.807, 2.05) is 24.3 Å². The number of hydrogen-bond acceptors (Lipinski definition) is 3. The van der Waals surface area contributed by atoms with Crippen molar-refractivity contribution in [3.63, 3.8) is 0 Å². The highest BCUT2D eigenvalue weighted by atomic mass is 79.9. The summed E-state index contributed by atoms with van der Waals surface area (Å²) in [5.74, 6) is -0.715. The number of carboxylic acid groups (broad SMARTS) is 1. The number of carbonyl (C=O) groups excluding carboxylic acids is 1. The molecule has 3 aromatic carbocycles. The first-order valence-corrected chi connectivity index (χ1v) is 10.1. The third-order valence-electron chi connectivity index (χ3n) is 3.91. The highest BCUT2D eigenvalue weighted by molar-refractivity contribution is 9.10. The molecular formula is C22H14BrCl2NO4. The predicted octanol–water partition coefficient (Wildman–Crippen LogP) is 6.40. The molecule has 5 nitrogen and oxygen atoms in total. The molecular weight excluding hydrogens is 493 g/mol. The van der Waals surface area contributed by atoms with Crippen molar-refractivity contribution in [2.75, 3.05) is 0 Å². The zero-order valence-electron chi connectivity index (χ0n) is 15.2. The van der Waals surface area contributed by atoms with Crippen LogP contribution < -0.4 is 10.1 Å². The highest BCUT2D eigenvalue weighted by Crippen LogP contribution is 2.29. The lowest BCUT2D eigenvalue weighted by atomic mass is 10.1. The van der Waals surface area contributed by atoms with Crippen molar-refractivity contribution in [1.29, 1.82) is 0 Å². The van der Waals surface area contributed by atoms with Gasteiger partial charge in [-0.1, -0.05) is 47.5 Å². The Bertz CT molecular complexity index is 1130. The van der Waals surface area contributed by atoms with Crippen LogP contribution in [0.1, 0.15) is 15.9 Å².